The van der Waals surface area contributed by atoms with E-state index in [9.17, 15) is 17.2 Å². The fourth-order valence-corrected chi connectivity index (χ4v) is 4.99. The number of rotatable bonds is 6. The van der Waals surface area contributed by atoms with Gasteiger partial charge in [-0.25, -0.2) is 22.2 Å². The minimum atomic E-state index is -4.28. The molecule has 7 nitrogen and oxygen atoms in total. The lowest BCUT2D eigenvalue weighted by Crippen LogP contribution is -2.47. The summed E-state index contributed by atoms with van der Waals surface area (Å²) >= 11 is 6.39. The first-order valence-electron chi connectivity index (χ1n) is 10.0. The highest BCUT2D eigenvalue weighted by atomic mass is 35.5. The van der Waals surface area contributed by atoms with Gasteiger partial charge in [0.15, 0.2) is 0 Å². The molecule has 1 aliphatic heterocycles. The summed E-state index contributed by atoms with van der Waals surface area (Å²) in [6.45, 7) is 2.80. The first kappa shape index (κ1) is 23.1. The predicted molar refractivity (Wildman–Crippen MR) is 124 cm³/mol. The van der Waals surface area contributed by atoms with Gasteiger partial charge >= 0.3 is 0 Å². The lowest BCUT2D eigenvalue weighted by atomic mass is 10.2. The number of nitrogens with zero attached hydrogens (tertiary/aromatic N) is 3. The maximum Gasteiger partial charge on any atom is 0.264 e. The van der Waals surface area contributed by atoms with Gasteiger partial charge in [0, 0.05) is 44.0 Å². The molecule has 2 heterocycles. The normalized spacial score (nSPS) is 14.3. The summed E-state index contributed by atoms with van der Waals surface area (Å²) in [5.41, 5.74) is 1.13. The van der Waals surface area contributed by atoms with E-state index in [1.165, 1.54) is 12.3 Å². The average molecular weight is 495 g/mol. The molecule has 2 aromatic carbocycles. The first-order chi connectivity index (χ1) is 15.8. The van der Waals surface area contributed by atoms with Crippen LogP contribution in [0.2, 0.25) is 5.02 Å². The third-order valence-corrected chi connectivity index (χ3v) is 6.95. The number of anilines is 3. The zero-order valence-electron chi connectivity index (χ0n) is 17.6. The van der Waals surface area contributed by atoms with E-state index >= 15 is 0 Å². The van der Waals surface area contributed by atoms with Crippen molar-refractivity contribution in [3.63, 3.8) is 0 Å². The number of ether oxygens (including phenoxy) is 1. The molecule has 0 saturated carbocycles. The van der Waals surface area contributed by atoms with Crippen molar-refractivity contribution in [2.75, 3.05) is 47.8 Å². The second kappa shape index (κ2) is 9.40. The minimum absolute atomic E-state index is 0.0718. The van der Waals surface area contributed by atoms with Gasteiger partial charge in [0.05, 0.1) is 24.0 Å². The molecule has 1 fully saturated rings. The molecule has 0 amide bonds. The second-order valence-electron chi connectivity index (χ2n) is 7.39. The molecule has 33 heavy (non-hydrogen) atoms. The molecule has 1 aromatic heterocycles. The van der Waals surface area contributed by atoms with E-state index in [1.807, 2.05) is 29.2 Å². The molecule has 0 aliphatic carbocycles. The highest BCUT2D eigenvalue weighted by Gasteiger charge is 2.23. The molecule has 0 unspecified atom stereocenters. The topological polar surface area (TPSA) is 74.8 Å². The Bertz CT molecular complexity index is 1270. The Labute approximate surface area is 195 Å². The van der Waals surface area contributed by atoms with Gasteiger partial charge in [-0.2, -0.15) is 0 Å². The lowest BCUT2D eigenvalue weighted by Gasteiger charge is -2.37. The third kappa shape index (κ3) is 5.12. The first-order valence-corrected chi connectivity index (χ1v) is 11.9. The van der Waals surface area contributed by atoms with Gasteiger partial charge in [-0.05, 0) is 30.3 Å². The van der Waals surface area contributed by atoms with Crippen LogP contribution < -0.4 is 19.3 Å². The number of nitrogens with one attached hydrogen (secondary N) is 1. The summed E-state index contributed by atoms with van der Waals surface area (Å²) < 4.78 is 59.5. The standard InChI is InChI=1S/C22H21ClF2N4O3S/c1-32-18-4-2-3-17(13-18)28-7-9-29(10-8-28)22-19(23)12-16(14-26-22)27-33(30,31)21-6-5-15(24)11-20(21)25/h2-6,11-14,27H,7-10H2,1H3. The highest BCUT2D eigenvalue weighted by Crippen LogP contribution is 2.30. The van der Waals surface area contributed by atoms with Crippen molar-refractivity contribution in [3.8, 4) is 5.75 Å². The predicted octanol–water partition coefficient (Wildman–Crippen LogP) is 4.15. The zero-order valence-corrected chi connectivity index (χ0v) is 19.2. The van der Waals surface area contributed by atoms with E-state index in [2.05, 4.69) is 14.6 Å². The number of sulfonamides is 1. The number of benzene rings is 2. The Balaban J connectivity index is 1.45. The second-order valence-corrected chi connectivity index (χ2v) is 9.44. The number of hydrogen-bond acceptors (Lipinski definition) is 6. The number of piperazine rings is 1. The van der Waals surface area contributed by atoms with E-state index in [0.717, 1.165) is 36.7 Å². The fraction of sp³-hybridized carbons (Fsp3) is 0.227. The van der Waals surface area contributed by atoms with Crippen LogP contribution in [0.1, 0.15) is 0 Å². The maximum absolute atomic E-state index is 13.9. The van der Waals surface area contributed by atoms with Crippen LogP contribution in [-0.2, 0) is 10.0 Å². The van der Waals surface area contributed by atoms with Crippen molar-refractivity contribution in [2.45, 2.75) is 4.90 Å². The van der Waals surface area contributed by atoms with Crippen molar-refractivity contribution in [3.05, 3.63) is 71.4 Å². The molecule has 4 rings (SSSR count). The molecule has 0 spiro atoms. The summed E-state index contributed by atoms with van der Waals surface area (Å²) in [6.07, 6.45) is 1.31. The number of pyridine rings is 1. The van der Waals surface area contributed by atoms with Gasteiger partial charge in [0.2, 0.25) is 0 Å². The van der Waals surface area contributed by atoms with Crippen LogP contribution in [0.5, 0.6) is 5.75 Å². The van der Waals surface area contributed by atoms with Gasteiger partial charge < -0.3 is 14.5 Å². The molecule has 0 atom stereocenters. The average Bonchev–Trinajstić information content (AvgIpc) is 2.79. The molecule has 174 valence electrons. The molecular weight excluding hydrogens is 474 g/mol. The highest BCUT2D eigenvalue weighted by molar-refractivity contribution is 7.92. The maximum atomic E-state index is 13.9. The monoisotopic (exact) mass is 494 g/mol. The Hall–Kier alpha value is -3.11. The van der Waals surface area contributed by atoms with Crippen molar-refractivity contribution in [2.24, 2.45) is 0 Å². The summed E-state index contributed by atoms with van der Waals surface area (Å²) in [7, 11) is -2.65. The lowest BCUT2D eigenvalue weighted by molar-refractivity contribution is 0.414. The van der Waals surface area contributed by atoms with Crippen LogP contribution in [-0.4, -0.2) is 46.7 Å². The third-order valence-electron chi connectivity index (χ3n) is 5.26. The molecule has 1 saturated heterocycles. The van der Waals surface area contributed by atoms with Crippen LogP contribution in [0.15, 0.2) is 59.6 Å². The van der Waals surface area contributed by atoms with Gasteiger partial charge in [-0.15, -0.1) is 0 Å². The Morgan fingerprint density at radius 3 is 2.42 bits per heavy atom. The van der Waals surface area contributed by atoms with Gasteiger partial charge in [0.25, 0.3) is 10.0 Å². The quantitative estimate of drug-likeness (QED) is 0.555. The van der Waals surface area contributed by atoms with E-state index in [1.54, 1.807) is 7.11 Å². The molecule has 1 aliphatic rings. The van der Waals surface area contributed by atoms with Gasteiger partial charge in [-0.3, -0.25) is 4.72 Å². The Morgan fingerprint density at radius 2 is 1.76 bits per heavy atom. The van der Waals surface area contributed by atoms with Crippen molar-refractivity contribution >= 4 is 38.8 Å². The molecule has 0 bridgehead atoms. The number of methoxy groups -OCH3 is 1. The van der Waals surface area contributed by atoms with Gasteiger partial charge in [0.1, 0.15) is 28.1 Å². The van der Waals surface area contributed by atoms with Crippen LogP contribution in [0.3, 0.4) is 0 Å². The van der Waals surface area contributed by atoms with Crippen molar-refractivity contribution < 1.29 is 21.9 Å². The SMILES string of the molecule is COc1cccc(N2CCN(c3ncc(NS(=O)(=O)c4ccc(F)cc4F)cc3Cl)CC2)c1. The molecule has 0 radical (unpaired) electrons. The van der Waals surface area contributed by atoms with E-state index in [-0.39, 0.29) is 10.7 Å². The summed E-state index contributed by atoms with van der Waals surface area (Å²) in [6, 6.07) is 11.5. The molecule has 1 N–H and O–H groups in total. The largest absolute Gasteiger partial charge is 0.497 e. The van der Waals surface area contributed by atoms with Crippen molar-refractivity contribution in [1.82, 2.24) is 4.98 Å². The smallest absolute Gasteiger partial charge is 0.264 e. The molecular formula is C22H21ClF2N4O3S. The number of aromatic nitrogens is 1. The van der Waals surface area contributed by atoms with Crippen LogP contribution >= 0.6 is 11.6 Å². The summed E-state index contributed by atoms with van der Waals surface area (Å²) in [5.74, 6) is -0.741. The zero-order chi connectivity index (χ0) is 23.6. The van der Waals surface area contributed by atoms with E-state index in [4.69, 9.17) is 16.3 Å². The number of halogens is 3. The van der Waals surface area contributed by atoms with E-state index in [0.29, 0.717) is 25.0 Å². The number of hydrogen-bond donors (Lipinski definition) is 1. The van der Waals surface area contributed by atoms with Crippen LogP contribution in [0.25, 0.3) is 0 Å². The van der Waals surface area contributed by atoms with Crippen LogP contribution in [0, 0.1) is 11.6 Å². The van der Waals surface area contributed by atoms with Gasteiger partial charge in [-0.1, -0.05) is 17.7 Å². The fourth-order valence-electron chi connectivity index (χ4n) is 3.61. The Kier molecular flexibility index (Phi) is 6.57. The minimum Gasteiger partial charge on any atom is -0.497 e. The van der Waals surface area contributed by atoms with E-state index < -0.39 is 26.6 Å². The van der Waals surface area contributed by atoms with Crippen LogP contribution in [0.4, 0.5) is 26.0 Å². The summed E-state index contributed by atoms with van der Waals surface area (Å²) in [5, 5.41) is 0.254. The summed E-state index contributed by atoms with van der Waals surface area (Å²) in [4.78, 5) is 7.89. The molecule has 3 aromatic rings. The molecule has 11 heteroatoms. The Morgan fingerprint density at radius 1 is 1.03 bits per heavy atom. The van der Waals surface area contributed by atoms with Crippen molar-refractivity contribution in [1.29, 1.82) is 0 Å².